The van der Waals surface area contributed by atoms with Gasteiger partial charge in [0.1, 0.15) is 12.1 Å². The fraction of sp³-hybridized carbons (Fsp3) is 0.576. The Kier molecular flexibility index (Phi) is 11.4. The molecule has 186 valence electrons. The Morgan fingerprint density at radius 3 is 1.94 bits per heavy atom. The lowest BCUT2D eigenvalue weighted by Gasteiger charge is -2.29. The van der Waals surface area contributed by atoms with Crippen molar-refractivity contribution in [3.8, 4) is 23.3 Å². The Balaban J connectivity index is 1.67. The van der Waals surface area contributed by atoms with E-state index in [0.717, 1.165) is 41.9 Å². The highest BCUT2D eigenvalue weighted by molar-refractivity contribution is 5.75. The number of hydrogen-bond acceptors (Lipinski definition) is 2. The molecule has 0 radical (unpaired) electrons. The maximum Gasteiger partial charge on any atom is 0.101 e. The Morgan fingerprint density at radius 2 is 1.31 bits per heavy atom. The van der Waals surface area contributed by atoms with Crippen LogP contribution in [0.2, 0.25) is 0 Å². The van der Waals surface area contributed by atoms with E-state index < -0.39 is 0 Å². The van der Waals surface area contributed by atoms with E-state index in [1.807, 2.05) is 0 Å². The van der Waals surface area contributed by atoms with Gasteiger partial charge in [0.25, 0.3) is 0 Å². The van der Waals surface area contributed by atoms with Gasteiger partial charge in [0.2, 0.25) is 0 Å². The second-order valence-corrected chi connectivity index (χ2v) is 10.6. The van der Waals surface area contributed by atoms with E-state index >= 15 is 0 Å². The molecule has 0 saturated heterocycles. The number of aryl methyl sites for hydroxylation is 1. The molecule has 0 aromatic heterocycles. The molecule has 0 unspecified atom stereocenters. The summed E-state index contributed by atoms with van der Waals surface area (Å²) in [4.78, 5) is 0. The molecule has 0 bridgehead atoms. The third-order valence-electron chi connectivity index (χ3n) is 8.05. The largest absolute Gasteiger partial charge is 0.192 e. The van der Waals surface area contributed by atoms with E-state index in [9.17, 15) is 10.5 Å². The number of nitriles is 2. The first-order valence-corrected chi connectivity index (χ1v) is 14.3. The SMILES string of the molecule is CCCCCCCc1ccc(-c2ccc([C@H]3CC[C@H](CCCCCC)CC3)c(C#N)c2C#N)cc1. The first-order valence-electron chi connectivity index (χ1n) is 14.3. The molecule has 2 aromatic rings. The molecule has 0 atom stereocenters. The molecular formula is C33H44N2. The smallest absolute Gasteiger partial charge is 0.101 e. The first-order chi connectivity index (χ1) is 17.2. The fourth-order valence-corrected chi connectivity index (χ4v) is 5.84. The van der Waals surface area contributed by atoms with Gasteiger partial charge < -0.3 is 0 Å². The maximum atomic E-state index is 10.1. The van der Waals surface area contributed by atoms with Crippen molar-refractivity contribution >= 4 is 0 Å². The summed E-state index contributed by atoms with van der Waals surface area (Å²) in [6, 6.07) is 17.7. The van der Waals surface area contributed by atoms with Crippen LogP contribution < -0.4 is 0 Å². The molecule has 1 aliphatic rings. The van der Waals surface area contributed by atoms with Crippen LogP contribution >= 0.6 is 0 Å². The van der Waals surface area contributed by atoms with Crippen LogP contribution in [0.5, 0.6) is 0 Å². The molecule has 2 nitrogen and oxygen atoms in total. The fourth-order valence-electron chi connectivity index (χ4n) is 5.84. The molecule has 35 heavy (non-hydrogen) atoms. The van der Waals surface area contributed by atoms with E-state index in [0.29, 0.717) is 17.0 Å². The summed E-state index contributed by atoms with van der Waals surface area (Å²) >= 11 is 0. The van der Waals surface area contributed by atoms with Crippen molar-refractivity contribution in [1.29, 1.82) is 10.5 Å². The van der Waals surface area contributed by atoms with Crippen molar-refractivity contribution < 1.29 is 0 Å². The number of hydrogen-bond donors (Lipinski definition) is 0. The van der Waals surface area contributed by atoms with Crippen molar-refractivity contribution in [3.63, 3.8) is 0 Å². The summed E-state index contributed by atoms with van der Waals surface area (Å²) in [5.74, 6) is 1.25. The average Bonchev–Trinajstić information content (AvgIpc) is 2.91. The van der Waals surface area contributed by atoms with Crippen LogP contribution in [-0.4, -0.2) is 0 Å². The topological polar surface area (TPSA) is 47.6 Å². The summed E-state index contributed by atoms with van der Waals surface area (Å²) < 4.78 is 0. The molecule has 1 fully saturated rings. The van der Waals surface area contributed by atoms with E-state index in [2.05, 4.69) is 62.4 Å². The third kappa shape index (κ3) is 7.70. The number of rotatable bonds is 13. The van der Waals surface area contributed by atoms with E-state index in [1.165, 1.54) is 82.6 Å². The van der Waals surface area contributed by atoms with Gasteiger partial charge in [-0.2, -0.15) is 10.5 Å². The Hall–Kier alpha value is -2.58. The number of benzene rings is 2. The van der Waals surface area contributed by atoms with Crippen molar-refractivity contribution in [1.82, 2.24) is 0 Å². The molecule has 2 heteroatoms. The minimum absolute atomic E-state index is 0.410. The Labute approximate surface area is 214 Å². The molecule has 0 aliphatic heterocycles. The zero-order valence-electron chi connectivity index (χ0n) is 22.1. The molecule has 0 N–H and O–H groups in total. The third-order valence-corrected chi connectivity index (χ3v) is 8.05. The lowest BCUT2D eigenvalue weighted by molar-refractivity contribution is 0.302. The zero-order valence-corrected chi connectivity index (χ0v) is 22.1. The summed E-state index contributed by atoms with van der Waals surface area (Å²) in [7, 11) is 0. The number of unbranched alkanes of at least 4 members (excludes halogenated alkanes) is 7. The predicted octanol–water partition coefficient (Wildman–Crippen LogP) is 9.85. The number of nitrogens with zero attached hydrogens (tertiary/aromatic N) is 2. The highest BCUT2D eigenvalue weighted by Crippen LogP contribution is 2.41. The van der Waals surface area contributed by atoms with Crippen molar-refractivity contribution in [2.24, 2.45) is 5.92 Å². The quantitative estimate of drug-likeness (QED) is 0.275. The standard InChI is InChI=1S/C33H44N2/c1-3-5-7-9-11-13-27-16-20-29(21-17-27)31-23-22-30(32(24-34)33(31)25-35)28-18-14-26(15-19-28)12-10-8-6-4-2/h16-17,20-23,26,28H,3-15,18-19H2,1-2H3/t26-,28-. The van der Waals surface area contributed by atoms with Gasteiger partial charge in [-0.05, 0) is 67.1 Å². The molecule has 1 saturated carbocycles. The average molecular weight is 469 g/mol. The van der Waals surface area contributed by atoms with Gasteiger partial charge >= 0.3 is 0 Å². The minimum Gasteiger partial charge on any atom is -0.192 e. The lowest BCUT2D eigenvalue weighted by Crippen LogP contribution is -2.15. The van der Waals surface area contributed by atoms with Crippen molar-refractivity contribution in [3.05, 3.63) is 58.7 Å². The maximum absolute atomic E-state index is 10.1. The van der Waals surface area contributed by atoms with Gasteiger partial charge in [-0.25, -0.2) is 0 Å². The van der Waals surface area contributed by atoms with Gasteiger partial charge in [0.15, 0.2) is 0 Å². The van der Waals surface area contributed by atoms with Gasteiger partial charge in [-0.15, -0.1) is 0 Å². The van der Waals surface area contributed by atoms with Crippen LogP contribution in [0.15, 0.2) is 36.4 Å². The molecule has 0 heterocycles. The molecule has 0 amide bonds. The highest BCUT2D eigenvalue weighted by Gasteiger charge is 2.26. The molecule has 1 aliphatic carbocycles. The van der Waals surface area contributed by atoms with E-state index in [4.69, 9.17) is 0 Å². The monoisotopic (exact) mass is 468 g/mol. The normalized spacial score (nSPS) is 17.6. The molecule has 0 spiro atoms. The predicted molar refractivity (Wildman–Crippen MR) is 147 cm³/mol. The van der Waals surface area contributed by atoms with Crippen LogP contribution in [0.25, 0.3) is 11.1 Å². The minimum atomic E-state index is 0.410. The molecular weight excluding hydrogens is 424 g/mol. The van der Waals surface area contributed by atoms with E-state index in [-0.39, 0.29) is 0 Å². The van der Waals surface area contributed by atoms with Gasteiger partial charge in [0, 0.05) is 5.56 Å². The second-order valence-electron chi connectivity index (χ2n) is 10.6. The van der Waals surface area contributed by atoms with Crippen LogP contribution in [0.3, 0.4) is 0 Å². The van der Waals surface area contributed by atoms with Crippen LogP contribution in [-0.2, 0) is 6.42 Å². The first kappa shape index (κ1) is 27.0. The van der Waals surface area contributed by atoms with E-state index in [1.54, 1.807) is 0 Å². The highest BCUT2D eigenvalue weighted by atomic mass is 14.3. The van der Waals surface area contributed by atoms with Crippen molar-refractivity contribution in [2.75, 3.05) is 0 Å². The zero-order chi connectivity index (χ0) is 24.9. The van der Waals surface area contributed by atoms with Crippen LogP contribution in [0.4, 0.5) is 0 Å². The van der Waals surface area contributed by atoms with Gasteiger partial charge in [-0.3, -0.25) is 0 Å². The summed E-state index contributed by atoms with van der Waals surface area (Å²) in [5, 5.41) is 20.1. The molecule has 3 rings (SSSR count). The van der Waals surface area contributed by atoms with Gasteiger partial charge in [-0.1, -0.05) is 108 Å². The Morgan fingerprint density at radius 1 is 0.686 bits per heavy atom. The molecule has 2 aromatic carbocycles. The summed E-state index contributed by atoms with van der Waals surface area (Å²) in [6.45, 7) is 4.52. The van der Waals surface area contributed by atoms with Crippen LogP contribution in [0.1, 0.15) is 132 Å². The van der Waals surface area contributed by atoms with Gasteiger partial charge in [0.05, 0.1) is 11.1 Å². The summed E-state index contributed by atoms with van der Waals surface area (Å²) in [5.41, 5.74) is 5.55. The summed E-state index contributed by atoms with van der Waals surface area (Å²) in [6.07, 6.45) is 19.1. The van der Waals surface area contributed by atoms with Crippen molar-refractivity contribution in [2.45, 2.75) is 116 Å². The Bertz CT molecular complexity index is 981. The lowest BCUT2D eigenvalue weighted by atomic mass is 9.75. The second kappa shape index (κ2) is 14.7. The van der Waals surface area contributed by atoms with Crippen LogP contribution in [0, 0.1) is 28.6 Å².